The Bertz CT molecular complexity index is 643. The second-order valence-corrected chi connectivity index (χ2v) is 9.42. The Morgan fingerprint density at radius 2 is 1.76 bits per heavy atom. The summed E-state index contributed by atoms with van der Waals surface area (Å²) < 4.78 is 0. The molecule has 25 heavy (non-hydrogen) atoms. The molecule has 0 spiro atoms. The highest BCUT2D eigenvalue weighted by Gasteiger charge is 2.53. The van der Waals surface area contributed by atoms with E-state index in [-0.39, 0.29) is 22.8 Å². The van der Waals surface area contributed by atoms with Crippen molar-refractivity contribution in [1.82, 2.24) is 20.8 Å². The third-order valence-electron chi connectivity index (χ3n) is 6.35. The Labute approximate surface area is 149 Å². The molecular formula is C19H29N5O. The first kappa shape index (κ1) is 16.8. The molecule has 3 heterocycles. The van der Waals surface area contributed by atoms with E-state index >= 15 is 0 Å². The maximum Gasteiger partial charge on any atom is 0.272 e. The largest absolute Gasteiger partial charge is 0.354 e. The number of hydrogen-bond acceptors (Lipinski definition) is 5. The van der Waals surface area contributed by atoms with Crippen LogP contribution in [0.25, 0.3) is 0 Å². The van der Waals surface area contributed by atoms with Crippen LogP contribution in [0.4, 0.5) is 5.82 Å². The Morgan fingerprint density at radius 3 is 2.28 bits per heavy atom. The minimum Gasteiger partial charge on any atom is -0.354 e. The number of aromatic nitrogens is 2. The van der Waals surface area contributed by atoms with E-state index in [1.54, 1.807) is 0 Å². The number of nitrogens with one attached hydrogen (secondary N) is 2. The SMILES string of the molecule is CC1(C)CC(C)(C)C1NC(=O)c1ccc(N2CC3CNCC3C2)nn1. The van der Waals surface area contributed by atoms with Gasteiger partial charge in [0, 0.05) is 32.2 Å². The van der Waals surface area contributed by atoms with Crippen molar-refractivity contribution < 1.29 is 4.79 Å². The molecule has 1 aromatic heterocycles. The standard InChI is InChI=1S/C19H29N5O/c1-18(2)11-19(3,4)17(18)21-16(25)14-5-6-15(23-22-14)24-9-12-7-20-8-13(12)10-24/h5-6,12-13,17,20H,7-11H2,1-4H3,(H,21,25). The molecular weight excluding hydrogens is 314 g/mol. The van der Waals surface area contributed by atoms with Gasteiger partial charge in [-0.2, -0.15) is 0 Å². The summed E-state index contributed by atoms with van der Waals surface area (Å²) in [5, 5.41) is 15.2. The molecule has 6 heteroatoms. The number of fused-ring (bicyclic) bond motifs is 1. The summed E-state index contributed by atoms with van der Waals surface area (Å²) in [5.74, 6) is 2.20. The summed E-state index contributed by atoms with van der Waals surface area (Å²) in [6, 6.07) is 3.91. The topological polar surface area (TPSA) is 70.2 Å². The number of carbonyl (C=O) groups excluding carboxylic acids is 1. The van der Waals surface area contributed by atoms with E-state index in [1.807, 2.05) is 12.1 Å². The normalized spacial score (nSPS) is 30.0. The maximum atomic E-state index is 12.6. The molecule has 2 saturated heterocycles. The van der Waals surface area contributed by atoms with Crippen LogP contribution < -0.4 is 15.5 Å². The van der Waals surface area contributed by atoms with Gasteiger partial charge in [0.1, 0.15) is 0 Å². The van der Waals surface area contributed by atoms with Crippen LogP contribution in [0, 0.1) is 22.7 Å². The van der Waals surface area contributed by atoms with Crippen molar-refractivity contribution in [2.45, 2.75) is 40.2 Å². The number of anilines is 1. The summed E-state index contributed by atoms with van der Waals surface area (Å²) in [5.41, 5.74) is 0.672. The quantitative estimate of drug-likeness (QED) is 0.874. The highest BCUT2D eigenvalue weighted by Crippen LogP contribution is 2.53. The van der Waals surface area contributed by atoms with Crippen LogP contribution in [0.15, 0.2) is 12.1 Å². The minimum absolute atomic E-state index is 0.118. The molecule has 6 nitrogen and oxygen atoms in total. The first-order chi connectivity index (χ1) is 11.8. The van der Waals surface area contributed by atoms with Crippen molar-refractivity contribution in [3.63, 3.8) is 0 Å². The summed E-state index contributed by atoms with van der Waals surface area (Å²) in [7, 11) is 0. The zero-order valence-corrected chi connectivity index (χ0v) is 15.7. The van der Waals surface area contributed by atoms with Crippen LogP contribution in [-0.2, 0) is 0 Å². The maximum absolute atomic E-state index is 12.6. The summed E-state index contributed by atoms with van der Waals surface area (Å²) in [6.45, 7) is 13.1. The van der Waals surface area contributed by atoms with Gasteiger partial charge in [-0.25, -0.2) is 0 Å². The molecule has 2 unspecified atom stereocenters. The Morgan fingerprint density at radius 1 is 1.12 bits per heavy atom. The monoisotopic (exact) mass is 343 g/mol. The fourth-order valence-electron chi connectivity index (χ4n) is 5.56. The fraction of sp³-hybridized carbons (Fsp3) is 0.737. The zero-order valence-electron chi connectivity index (χ0n) is 15.7. The van der Waals surface area contributed by atoms with Gasteiger partial charge in [0.2, 0.25) is 0 Å². The van der Waals surface area contributed by atoms with Gasteiger partial charge in [-0.3, -0.25) is 4.79 Å². The molecule has 1 saturated carbocycles. The van der Waals surface area contributed by atoms with Gasteiger partial charge in [0.05, 0.1) is 0 Å². The molecule has 0 bridgehead atoms. The molecule has 2 N–H and O–H groups in total. The van der Waals surface area contributed by atoms with Crippen molar-refractivity contribution in [1.29, 1.82) is 0 Å². The van der Waals surface area contributed by atoms with Gasteiger partial charge < -0.3 is 15.5 Å². The molecule has 0 aromatic carbocycles. The van der Waals surface area contributed by atoms with E-state index in [0.717, 1.165) is 38.4 Å². The average molecular weight is 343 g/mol. The molecule has 0 radical (unpaired) electrons. The van der Waals surface area contributed by atoms with Crippen LogP contribution in [0.5, 0.6) is 0 Å². The molecule has 1 aromatic rings. The van der Waals surface area contributed by atoms with Crippen LogP contribution >= 0.6 is 0 Å². The van der Waals surface area contributed by atoms with Gasteiger partial charge in [-0.15, -0.1) is 10.2 Å². The molecule has 136 valence electrons. The van der Waals surface area contributed by atoms with Gasteiger partial charge >= 0.3 is 0 Å². The van der Waals surface area contributed by atoms with E-state index in [1.165, 1.54) is 0 Å². The van der Waals surface area contributed by atoms with Crippen LogP contribution in [0.3, 0.4) is 0 Å². The number of amides is 1. The Balaban J connectivity index is 1.41. The first-order valence-electron chi connectivity index (χ1n) is 9.36. The molecule has 1 aliphatic carbocycles. The molecule has 3 fully saturated rings. The lowest BCUT2D eigenvalue weighted by molar-refractivity contribution is -0.0367. The zero-order chi connectivity index (χ0) is 17.8. The highest BCUT2D eigenvalue weighted by molar-refractivity contribution is 5.92. The molecule has 1 amide bonds. The molecule has 3 aliphatic rings. The predicted octanol–water partition coefficient (Wildman–Crippen LogP) is 1.69. The first-order valence-corrected chi connectivity index (χ1v) is 9.36. The molecule has 4 rings (SSSR count). The van der Waals surface area contributed by atoms with E-state index in [0.29, 0.717) is 17.5 Å². The van der Waals surface area contributed by atoms with E-state index < -0.39 is 0 Å². The Kier molecular flexibility index (Phi) is 3.79. The molecule has 2 aliphatic heterocycles. The number of carbonyl (C=O) groups is 1. The van der Waals surface area contributed by atoms with Crippen molar-refractivity contribution >= 4 is 11.7 Å². The highest BCUT2D eigenvalue weighted by atomic mass is 16.2. The fourth-order valence-corrected chi connectivity index (χ4v) is 5.56. The summed E-state index contributed by atoms with van der Waals surface area (Å²) >= 11 is 0. The van der Waals surface area contributed by atoms with Crippen molar-refractivity contribution in [3.05, 3.63) is 17.8 Å². The average Bonchev–Trinajstić information content (AvgIpc) is 3.13. The third-order valence-corrected chi connectivity index (χ3v) is 6.35. The van der Waals surface area contributed by atoms with Gasteiger partial charge in [-0.1, -0.05) is 27.7 Å². The van der Waals surface area contributed by atoms with Crippen molar-refractivity contribution in [2.24, 2.45) is 22.7 Å². The van der Waals surface area contributed by atoms with Crippen LogP contribution in [-0.4, -0.2) is 48.3 Å². The van der Waals surface area contributed by atoms with E-state index in [9.17, 15) is 4.79 Å². The van der Waals surface area contributed by atoms with Crippen molar-refractivity contribution in [2.75, 3.05) is 31.1 Å². The lowest BCUT2D eigenvalue weighted by Crippen LogP contribution is -2.63. The van der Waals surface area contributed by atoms with Crippen LogP contribution in [0.1, 0.15) is 44.6 Å². The lowest BCUT2D eigenvalue weighted by atomic mass is 9.52. The van der Waals surface area contributed by atoms with Crippen molar-refractivity contribution in [3.8, 4) is 0 Å². The van der Waals surface area contributed by atoms with Crippen LogP contribution in [0.2, 0.25) is 0 Å². The smallest absolute Gasteiger partial charge is 0.272 e. The summed E-state index contributed by atoms with van der Waals surface area (Å²) in [4.78, 5) is 14.9. The number of hydrogen-bond donors (Lipinski definition) is 2. The van der Waals surface area contributed by atoms with Gasteiger partial charge in [0.25, 0.3) is 5.91 Å². The predicted molar refractivity (Wildman–Crippen MR) is 97.5 cm³/mol. The van der Waals surface area contributed by atoms with Gasteiger partial charge in [0.15, 0.2) is 11.5 Å². The van der Waals surface area contributed by atoms with E-state index in [4.69, 9.17) is 0 Å². The second kappa shape index (κ2) is 5.66. The minimum atomic E-state index is -0.118. The molecule has 2 atom stereocenters. The number of rotatable bonds is 3. The second-order valence-electron chi connectivity index (χ2n) is 9.42. The Hall–Kier alpha value is -1.69. The van der Waals surface area contributed by atoms with E-state index in [2.05, 4.69) is 53.4 Å². The lowest BCUT2D eigenvalue weighted by Gasteiger charge is -2.57. The number of nitrogens with zero attached hydrogens (tertiary/aromatic N) is 3. The third kappa shape index (κ3) is 2.90. The van der Waals surface area contributed by atoms with Gasteiger partial charge in [-0.05, 0) is 41.2 Å². The summed E-state index contributed by atoms with van der Waals surface area (Å²) in [6.07, 6.45) is 1.11.